The minimum Gasteiger partial charge on any atom is -0.390 e. The zero-order chi connectivity index (χ0) is 15.3. The number of hydrogen-bond donors (Lipinski definition) is 2. The van der Waals surface area contributed by atoms with Crippen LogP contribution in [0, 0.1) is 0 Å². The van der Waals surface area contributed by atoms with Gasteiger partial charge in [0, 0.05) is 20.5 Å². The fourth-order valence-electron chi connectivity index (χ4n) is 2.19. The molecule has 0 aromatic carbocycles. The summed E-state index contributed by atoms with van der Waals surface area (Å²) in [6.45, 7) is 0.620. The number of thioether (sulfide) groups is 1. The Hall–Kier alpha value is -0.510. The van der Waals surface area contributed by atoms with E-state index in [1.165, 1.54) is 11.8 Å². The van der Waals surface area contributed by atoms with E-state index in [1.807, 2.05) is 0 Å². The first-order valence-corrected chi connectivity index (χ1v) is 6.96. The molecule has 0 aromatic heterocycles. The Labute approximate surface area is 118 Å². The van der Waals surface area contributed by atoms with Gasteiger partial charge in [-0.1, -0.05) is 11.8 Å². The maximum atomic E-state index is 12.9. The second kappa shape index (κ2) is 5.04. The molecule has 1 fully saturated rings. The molecule has 2 rings (SSSR count). The molecule has 5 atom stereocenters. The van der Waals surface area contributed by atoms with Gasteiger partial charge in [0.25, 0.3) is 0 Å². The van der Waals surface area contributed by atoms with E-state index < -0.39 is 35.5 Å². The molecule has 2 aliphatic heterocycles. The van der Waals surface area contributed by atoms with Crippen molar-refractivity contribution in [3.63, 3.8) is 0 Å². The van der Waals surface area contributed by atoms with E-state index in [4.69, 9.17) is 4.74 Å². The zero-order valence-electron chi connectivity index (χ0n) is 11.3. The SMILES string of the molecule is CN(C)C1=N[C@@H]2C[C@H](O)[C@@H](C(C)(O)C(F)(F)F)O[C@@H]2S1. The number of ether oxygens (including phenoxy) is 1. The summed E-state index contributed by atoms with van der Waals surface area (Å²) in [5.74, 6) is 0. The molecule has 9 heteroatoms. The van der Waals surface area contributed by atoms with Crippen LogP contribution in [0.2, 0.25) is 0 Å². The van der Waals surface area contributed by atoms with Crippen LogP contribution >= 0.6 is 11.8 Å². The Balaban J connectivity index is 2.15. The molecule has 1 unspecified atom stereocenters. The lowest BCUT2D eigenvalue weighted by molar-refractivity contribution is -0.309. The molecule has 2 N–H and O–H groups in total. The number of fused-ring (bicyclic) bond motifs is 1. The van der Waals surface area contributed by atoms with Gasteiger partial charge < -0.3 is 19.8 Å². The van der Waals surface area contributed by atoms with Gasteiger partial charge in [0.15, 0.2) is 10.8 Å². The second-order valence-corrected chi connectivity index (χ2v) is 6.43. The van der Waals surface area contributed by atoms with E-state index >= 15 is 0 Å². The summed E-state index contributed by atoms with van der Waals surface area (Å²) >= 11 is 1.20. The van der Waals surface area contributed by atoms with Crippen LogP contribution < -0.4 is 0 Å². The van der Waals surface area contributed by atoms with E-state index in [2.05, 4.69) is 4.99 Å². The first-order chi connectivity index (χ1) is 9.04. The number of amidine groups is 1. The van der Waals surface area contributed by atoms with Crippen LogP contribution in [0.25, 0.3) is 0 Å². The van der Waals surface area contributed by atoms with Gasteiger partial charge in [-0.15, -0.1) is 0 Å². The monoisotopic (exact) mass is 314 g/mol. The zero-order valence-corrected chi connectivity index (χ0v) is 12.1. The van der Waals surface area contributed by atoms with Gasteiger partial charge in [-0.25, -0.2) is 0 Å². The fourth-order valence-corrected chi connectivity index (χ4v) is 3.31. The molecule has 2 heterocycles. The van der Waals surface area contributed by atoms with Crippen molar-refractivity contribution in [1.82, 2.24) is 4.90 Å². The summed E-state index contributed by atoms with van der Waals surface area (Å²) in [4.78, 5) is 6.03. The molecule has 0 radical (unpaired) electrons. The third kappa shape index (κ3) is 2.63. The summed E-state index contributed by atoms with van der Waals surface area (Å²) in [5, 5.41) is 20.2. The summed E-state index contributed by atoms with van der Waals surface area (Å²) in [6.07, 6.45) is -7.97. The molecule has 0 bridgehead atoms. The van der Waals surface area contributed by atoms with Gasteiger partial charge in [-0.05, 0) is 6.92 Å². The lowest BCUT2D eigenvalue weighted by atomic mass is 9.88. The van der Waals surface area contributed by atoms with Gasteiger partial charge in [-0.2, -0.15) is 13.2 Å². The summed E-state index contributed by atoms with van der Waals surface area (Å²) in [5.41, 5.74) is -3.71. The number of alkyl halides is 3. The Morgan fingerprint density at radius 2 is 2.00 bits per heavy atom. The van der Waals surface area contributed by atoms with E-state index in [-0.39, 0.29) is 6.42 Å². The van der Waals surface area contributed by atoms with Crippen molar-refractivity contribution >= 4 is 16.9 Å². The normalized spacial score (nSPS) is 37.1. The largest absolute Gasteiger partial charge is 0.419 e. The molecule has 0 amide bonds. The smallest absolute Gasteiger partial charge is 0.390 e. The summed E-state index contributed by atoms with van der Waals surface area (Å²) < 4.78 is 43.9. The molecule has 0 spiro atoms. The number of nitrogens with zero attached hydrogens (tertiary/aromatic N) is 2. The molecule has 5 nitrogen and oxygen atoms in total. The number of halogens is 3. The van der Waals surface area contributed by atoms with Gasteiger partial charge in [0.1, 0.15) is 11.5 Å². The van der Waals surface area contributed by atoms with Crippen LogP contribution in [0.15, 0.2) is 4.99 Å². The highest BCUT2D eigenvalue weighted by atomic mass is 32.2. The quantitative estimate of drug-likeness (QED) is 0.750. The highest BCUT2D eigenvalue weighted by molar-refractivity contribution is 8.14. The lowest BCUT2D eigenvalue weighted by Crippen LogP contribution is -2.61. The van der Waals surface area contributed by atoms with Crippen LogP contribution in [0.5, 0.6) is 0 Å². The highest BCUT2D eigenvalue weighted by Crippen LogP contribution is 2.43. The van der Waals surface area contributed by atoms with Crippen LogP contribution in [-0.2, 0) is 4.74 Å². The second-order valence-electron chi connectivity index (χ2n) is 5.36. The minimum absolute atomic E-state index is 0.0336. The first-order valence-electron chi connectivity index (χ1n) is 6.08. The Morgan fingerprint density at radius 3 is 2.50 bits per heavy atom. The highest BCUT2D eigenvalue weighted by Gasteiger charge is 2.60. The average molecular weight is 314 g/mol. The van der Waals surface area contributed by atoms with E-state index in [1.54, 1.807) is 19.0 Å². The standard InChI is InChI=1S/C11H17F3N2O3S/c1-10(18,11(12,13)14)7-6(17)4-5-8(19-7)20-9(15-5)16(2)3/h5-8,17-18H,4H2,1-3H3/t5-,6+,7+,8-,10?/m1/s1. The summed E-state index contributed by atoms with van der Waals surface area (Å²) in [7, 11) is 3.53. The van der Waals surface area contributed by atoms with Crippen LogP contribution in [0.4, 0.5) is 13.2 Å². The first kappa shape index (κ1) is 15.9. The molecule has 1 saturated heterocycles. The van der Waals surface area contributed by atoms with Gasteiger partial charge in [0.05, 0.1) is 12.1 Å². The van der Waals surface area contributed by atoms with Crippen LogP contribution in [0.1, 0.15) is 13.3 Å². The molecule has 0 aliphatic carbocycles. The van der Waals surface area contributed by atoms with Crippen molar-refractivity contribution in [2.45, 2.75) is 48.8 Å². The molecule has 20 heavy (non-hydrogen) atoms. The van der Waals surface area contributed by atoms with Crippen molar-refractivity contribution in [2.75, 3.05) is 14.1 Å². The predicted octanol–water partition coefficient (Wildman–Crippen LogP) is 0.809. The lowest BCUT2D eigenvalue weighted by Gasteiger charge is -2.42. The number of aliphatic hydroxyl groups excluding tert-OH is 1. The molecule has 0 aromatic rings. The number of hydrogen-bond acceptors (Lipinski definition) is 6. The maximum absolute atomic E-state index is 12.9. The van der Waals surface area contributed by atoms with E-state index in [0.717, 1.165) is 0 Å². The predicted molar refractivity (Wildman–Crippen MR) is 68.5 cm³/mol. The Kier molecular flexibility index (Phi) is 4.00. The molecular formula is C11H17F3N2O3S. The third-order valence-electron chi connectivity index (χ3n) is 3.44. The topological polar surface area (TPSA) is 65.3 Å². The molecule has 116 valence electrons. The molecule has 2 aliphatic rings. The van der Waals surface area contributed by atoms with Crippen LogP contribution in [-0.4, -0.2) is 69.8 Å². The van der Waals surface area contributed by atoms with Crippen molar-refractivity contribution in [3.05, 3.63) is 0 Å². The fraction of sp³-hybridized carbons (Fsp3) is 0.909. The van der Waals surface area contributed by atoms with E-state index in [9.17, 15) is 23.4 Å². The Bertz CT molecular complexity index is 414. The van der Waals surface area contributed by atoms with Crippen molar-refractivity contribution in [2.24, 2.45) is 4.99 Å². The van der Waals surface area contributed by atoms with Gasteiger partial charge in [-0.3, -0.25) is 4.99 Å². The third-order valence-corrected chi connectivity index (χ3v) is 4.77. The molecular weight excluding hydrogens is 297 g/mol. The van der Waals surface area contributed by atoms with Crippen molar-refractivity contribution in [3.8, 4) is 0 Å². The van der Waals surface area contributed by atoms with Crippen molar-refractivity contribution < 1.29 is 28.1 Å². The van der Waals surface area contributed by atoms with Crippen molar-refractivity contribution in [1.29, 1.82) is 0 Å². The van der Waals surface area contributed by atoms with Crippen LogP contribution in [0.3, 0.4) is 0 Å². The Morgan fingerprint density at radius 1 is 1.40 bits per heavy atom. The molecule has 0 saturated carbocycles. The minimum atomic E-state index is -4.88. The number of aliphatic imine (C=N–C) groups is 1. The van der Waals surface area contributed by atoms with Gasteiger partial charge >= 0.3 is 6.18 Å². The number of rotatable bonds is 1. The average Bonchev–Trinajstić information content (AvgIpc) is 2.68. The van der Waals surface area contributed by atoms with Gasteiger partial charge in [0.2, 0.25) is 0 Å². The number of aliphatic hydroxyl groups is 2. The maximum Gasteiger partial charge on any atom is 0.419 e. The van der Waals surface area contributed by atoms with E-state index in [0.29, 0.717) is 12.1 Å². The summed E-state index contributed by atoms with van der Waals surface area (Å²) in [6, 6.07) is -0.396.